The number of carbonyl (C=O) groups is 1. The summed E-state index contributed by atoms with van der Waals surface area (Å²) in [5.41, 5.74) is 2.78. The van der Waals surface area contributed by atoms with E-state index in [1.165, 1.54) is 24.3 Å². The maximum Gasteiger partial charge on any atom is 0.573 e. The molecule has 1 aliphatic heterocycles. The van der Waals surface area contributed by atoms with Gasteiger partial charge in [0.2, 0.25) is 5.95 Å². The molecule has 0 bridgehead atoms. The lowest BCUT2D eigenvalue weighted by Crippen LogP contribution is -2.45. The first-order valence-corrected chi connectivity index (χ1v) is 13.0. The molecule has 0 atom stereocenters. The van der Waals surface area contributed by atoms with E-state index >= 15 is 0 Å². The number of imidazole rings is 1. The van der Waals surface area contributed by atoms with Crippen molar-refractivity contribution in [3.63, 3.8) is 0 Å². The smallest absolute Gasteiger partial charge is 0.466 e. The van der Waals surface area contributed by atoms with Crippen LogP contribution >= 0.6 is 0 Å². The van der Waals surface area contributed by atoms with Crippen LogP contribution in [0, 0.1) is 6.92 Å². The number of pyridine rings is 1. The number of aromatic nitrogens is 3. The fourth-order valence-electron chi connectivity index (χ4n) is 5.40. The zero-order valence-electron chi connectivity index (χ0n) is 23.1. The van der Waals surface area contributed by atoms with Gasteiger partial charge in [0, 0.05) is 23.8 Å². The molecule has 8 nitrogen and oxygen atoms in total. The Labute approximate surface area is 225 Å². The summed E-state index contributed by atoms with van der Waals surface area (Å²) in [7, 11) is 0. The van der Waals surface area contributed by atoms with Gasteiger partial charge < -0.3 is 19.5 Å². The number of rotatable bonds is 8. The minimum absolute atomic E-state index is 0.0126. The topological polar surface area (TPSA) is 87.5 Å². The van der Waals surface area contributed by atoms with E-state index in [2.05, 4.69) is 42.3 Å². The van der Waals surface area contributed by atoms with Crippen molar-refractivity contribution in [1.29, 1.82) is 0 Å². The Balaban J connectivity index is 1.73. The summed E-state index contributed by atoms with van der Waals surface area (Å²) in [5, 5.41) is 3.27. The van der Waals surface area contributed by atoms with E-state index in [0.717, 1.165) is 11.3 Å². The van der Waals surface area contributed by atoms with Crippen LogP contribution in [-0.2, 0) is 20.7 Å². The molecule has 2 aromatic heterocycles. The van der Waals surface area contributed by atoms with Crippen LogP contribution in [0.1, 0.15) is 71.2 Å². The van der Waals surface area contributed by atoms with Crippen molar-refractivity contribution in [2.75, 3.05) is 11.9 Å². The number of hydrogen-bond donors (Lipinski definition) is 1. The minimum atomic E-state index is -4.76. The predicted octanol–water partition coefficient (Wildman–Crippen LogP) is 6.79. The highest BCUT2D eigenvalue weighted by Gasteiger charge is 2.41. The van der Waals surface area contributed by atoms with Crippen molar-refractivity contribution < 1.29 is 32.2 Å². The van der Waals surface area contributed by atoms with Gasteiger partial charge in [0.1, 0.15) is 11.3 Å². The molecule has 1 saturated heterocycles. The van der Waals surface area contributed by atoms with E-state index in [0.29, 0.717) is 48.7 Å². The maximum absolute atomic E-state index is 12.6. The highest BCUT2D eigenvalue weighted by Crippen LogP contribution is 2.43. The Morgan fingerprint density at radius 1 is 1.13 bits per heavy atom. The molecule has 4 rings (SSSR count). The largest absolute Gasteiger partial charge is 0.573 e. The lowest BCUT2D eigenvalue weighted by Gasteiger charge is -2.46. The van der Waals surface area contributed by atoms with E-state index < -0.39 is 17.6 Å². The monoisotopic (exact) mass is 548 g/mol. The SMILES string of the molecule is CCOC(=O)CCc1cc2nc(Nc3ccc(OC(F)(F)F)cc3)n(C3CC(C)(C)OC(C)(C)C3)c2nc1C. The van der Waals surface area contributed by atoms with Crippen LogP contribution in [0.15, 0.2) is 30.3 Å². The van der Waals surface area contributed by atoms with Crippen molar-refractivity contribution in [3.05, 3.63) is 41.6 Å². The molecular formula is C28H35F3N4O4. The molecule has 212 valence electrons. The molecule has 0 aliphatic carbocycles. The summed E-state index contributed by atoms with van der Waals surface area (Å²) < 4.78 is 55.2. The predicted molar refractivity (Wildman–Crippen MR) is 141 cm³/mol. The number of anilines is 2. The first kappa shape index (κ1) is 28.7. The number of carbonyl (C=O) groups excluding carboxylic acids is 1. The van der Waals surface area contributed by atoms with Crippen LogP contribution < -0.4 is 10.1 Å². The Kier molecular flexibility index (Phi) is 7.84. The average molecular weight is 549 g/mol. The summed E-state index contributed by atoms with van der Waals surface area (Å²) >= 11 is 0. The van der Waals surface area contributed by atoms with E-state index in [4.69, 9.17) is 19.4 Å². The van der Waals surface area contributed by atoms with Crippen LogP contribution in [0.2, 0.25) is 0 Å². The van der Waals surface area contributed by atoms with Crippen molar-refractivity contribution in [2.24, 2.45) is 0 Å². The summed E-state index contributed by atoms with van der Waals surface area (Å²) in [6, 6.07) is 7.44. The van der Waals surface area contributed by atoms with Crippen LogP contribution in [0.25, 0.3) is 11.2 Å². The molecule has 0 spiro atoms. The van der Waals surface area contributed by atoms with E-state index in [1.54, 1.807) is 6.92 Å². The second kappa shape index (κ2) is 10.7. The number of hydrogen-bond acceptors (Lipinski definition) is 7. The quantitative estimate of drug-likeness (QED) is 0.310. The van der Waals surface area contributed by atoms with Gasteiger partial charge in [0.05, 0.1) is 17.8 Å². The standard InChI is InChI=1S/C28H35F3N4O4/c1-7-37-23(36)13-8-18-14-22-24(32-17(18)2)35(20-15-26(3,4)39-27(5,6)16-20)25(34-22)33-19-9-11-21(12-10-19)38-28(29,30)31/h9-12,14,20H,7-8,13,15-16H2,1-6H3,(H,33,34). The number of esters is 1. The summed E-state index contributed by atoms with van der Waals surface area (Å²) in [4.78, 5) is 21.7. The van der Waals surface area contributed by atoms with Gasteiger partial charge in [-0.2, -0.15) is 0 Å². The number of benzene rings is 1. The Bertz CT molecular complexity index is 1320. The van der Waals surface area contributed by atoms with Crippen LogP contribution in [0.3, 0.4) is 0 Å². The summed E-state index contributed by atoms with van der Waals surface area (Å²) in [6.45, 7) is 12.2. The Morgan fingerprint density at radius 2 is 1.77 bits per heavy atom. The van der Waals surface area contributed by atoms with Gasteiger partial charge >= 0.3 is 12.3 Å². The van der Waals surface area contributed by atoms with Crippen LogP contribution in [-0.4, -0.2) is 44.7 Å². The molecule has 1 N–H and O–H groups in total. The highest BCUT2D eigenvalue weighted by atomic mass is 19.4. The molecule has 0 unspecified atom stereocenters. The van der Waals surface area contributed by atoms with Gasteiger partial charge in [-0.15, -0.1) is 13.2 Å². The molecule has 1 fully saturated rings. The zero-order valence-corrected chi connectivity index (χ0v) is 23.1. The molecular weight excluding hydrogens is 513 g/mol. The molecule has 3 heterocycles. The van der Waals surface area contributed by atoms with Gasteiger partial charge in [-0.25, -0.2) is 9.97 Å². The average Bonchev–Trinajstić information content (AvgIpc) is 3.12. The van der Waals surface area contributed by atoms with Crippen molar-refractivity contribution in [3.8, 4) is 5.75 Å². The lowest BCUT2D eigenvalue weighted by atomic mass is 9.85. The summed E-state index contributed by atoms with van der Waals surface area (Å²) in [5.74, 6) is -0.0602. The Hall–Kier alpha value is -3.34. The van der Waals surface area contributed by atoms with Gasteiger partial charge in [0.25, 0.3) is 0 Å². The number of fused-ring (bicyclic) bond motifs is 1. The third kappa shape index (κ3) is 7.20. The van der Waals surface area contributed by atoms with Crippen molar-refractivity contribution >= 4 is 28.8 Å². The van der Waals surface area contributed by atoms with Crippen molar-refractivity contribution in [2.45, 2.75) is 90.8 Å². The molecule has 3 aromatic rings. The van der Waals surface area contributed by atoms with Gasteiger partial charge in [0.15, 0.2) is 5.65 Å². The fourth-order valence-corrected chi connectivity index (χ4v) is 5.40. The number of ether oxygens (including phenoxy) is 3. The van der Waals surface area contributed by atoms with Crippen LogP contribution in [0.4, 0.5) is 24.8 Å². The summed E-state index contributed by atoms with van der Waals surface area (Å²) in [6.07, 6.45) is -2.63. The van der Waals surface area contributed by atoms with Crippen LogP contribution in [0.5, 0.6) is 5.75 Å². The van der Waals surface area contributed by atoms with Gasteiger partial charge in [-0.05, 0) is 96.7 Å². The van der Waals surface area contributed by atoms with Crippen molar-refractivity contribution in [1.82, 2.24) is 14.5 Å². The minimum Gasteiger partial charge on any atom is -0.466 e. The second-order valence-electron chi connectivity index (χ2n) is 11.1. The molecule has 39 heavy (non-hydrogen) atoms. The normalized spacial score (nSPS) is 17.3. The maximum atomic E-state index is 12.6. The van der Waals surface area contributed by atoms with Gasteiger partial charge in [-0.1, -0.05) is 0 Å². The Morgan fingerprint density at radius 3 is 2.36 bits per heavy atom. The molecule has 0 saturated carbocycles. The first-order chi connectivity index (χ1) is 18.1. The zero-order chi connectivity index (χ0) is 28.6. The second-order valence-corrected chi connectivity index (χ2v) is 11.1. The number of alkyl halides is 3. The number of nitrogens with zero attached hydrogens (tertiary/aromatic N) is 3. The van der Waals surface area contributed by atoms with E-state index in [9.17, 15) is 18.0 Å². The van der Waals surface area contributed by atoms with E-state index in [1.807, 2.05) is 13.0 Å². The molecule has 0 radical (unpaired) electrons. The van der Waals surface area contributed by atoms with E-state index in [-0.39, 0.29) is 24.2 Å². The lowest BCUT2D eigenvalue weighted by molar-refractivity contribution is -0.274. The fraction of sp³-hybridized carbons (Fsp3) is 0.536. The third-order valence-electron chi connectivity index (χ3n) is 6.58. The molecule has 0 amide bonds. The van der Waals surface area contributed by atoms with Gasteiger partial charge in [-0.3, -0.25) is 9.36 Å². The third-order valence-corrected chi connectivity index (χ3v) is 6.58. The molecule has 1 aliphatic rings. The number of nitrogens with one attached hydrogen (secondary N) is 1. The first-order valence-electron chi connectivity index (χ1n) is 13.0. The number of aryl methyl sites for hydroxylation is 2. The molecule has 1 aromatic carbocycles. The number of halogens is 3. The highest BCUT2D eigenvalue weighted by molar-refractivity contribution is 5.78. The molecule has 11 heteroatoms.